The van der Waals surface area contributed by atoms with Crippen LogP contribution < -0.4 is 5.32 Å². The zero-order valence-electron chi connectivity index (χ0n) is 11.8. The van der Waals surface area contributed by atoms with E-state index in [1.807, 2.05) is 0 Å². The predicted molar refractivity (Wildman–Crippen MR) is 89.2 cm³/mol. The fourth-order valence-electron chi connectivity index (χ4n) is 1.64. The lowest BCUT2D eigenvalue weighted by atomic mass is 10.2. The van der Waals surface area contributed by atoms with Gasteiger partial charge in [0.1, 0.15) is 5.82 Å². The summed E-state index contributed by atoms with van der Waals surface area (Å²) in [7, 11) is 0. The topological polar surface area (TPSA) is 68.3 Å². The maximum atomic E-state index is 12.1. The third-order valence-corrected chi connectivity index (χ3v) is 3.65. The fraction of sp³-hybridized carbons (Fsp3) is 0.133. The summed E-state index contributed by atoms with van der Waals surface area (Å²) in [6.07, 6.45) is 0.324. The lowest BCUT2D eigenvalue weighted by molar-refractivity contribution is -0.123. The molecule has 23 heavy (non-hydrogen) atoms. The van der Waals surface area contributed by atoms with E-state index in [0.717, 1.165) is 0 Å². The number of esters is 1. The molecule has 1 atom stereocenters. The van der Waals surface area contributed by atoms with Crippen LogP contribution in [0.1, 0.15) is 17.3 Å². The molecule has 0 saturated heterocycles. The van der Waals surface area contributed by atoms with Gasteiger partial charge in [0.2, 0.25) is 0 Å². The minimum absolute atomic E-state index is 0.0140. The highest BCUT2D eigenvalue weighted by Crippen LogP contribution is 2.25. The number of anilines is 1. The monoisotopic (exact) mass is 372 g/mol. The van der Waals surface area contributed by atoms with Crippen molar-refractivity contribution in [1.29, 1.82) is 0 Å². The molecule has 0 fully saturated rings. The van der Waals surface area contributed by atoms with Crippen molar-refractivity contribution in [3.05, 3.63) is 57.2 Å². The molecule has 0 radical (unpaired) electrons. The molecule has 1 amide bonds. The van der Waals surface area contributed by atoms with Crippen molar-refractivity contribution in [1.82, 2.24) is 4.98 Å². The van der Waals surface area contributed by atoms with Gasteiger partial charge in [-0.3, -0.25) is 4.79 Å². The van der Waals surface area contributed by atoms with Crippen LogP contribution in [0, 0.1) is 0 Å². The molecule has 1 aromatic carbocycles. The van der Waals surface area contributed by atoms with Crippen LogP contribution in [-0.4, -0.2) is 23.0 Å². The number of rotatable bonds is 4. The summed E-state index contributed by atoms with van der Waals surface area (Å²) >= 11 is 17.6. The smallest absolute Gasteiger partial charge is 0.341 e. The van der Waals surface area contributed by atoms with Gasteiger partial charge in [0, 0.05) is 6.20 Å². The summed E-state index contributed by atoms with van der Waals surface area (Å²) in [5.41, 5.74) is 0.0140. The molecular formula is C15H11Cl3N2O3. The van der Waals surface area contributed by atoms with E-state index in [1.165, 1.54) is 31.3 Å². The first-order valence-electron chi connectivity index (χ1n) is 6.46. The van der Waals surface area contributed by atoms with E-state index in [4.69, 9.17) is 39.5 Å². The number of pyridine rings is 1. The van der Waals surface area contributed by atoms with Crippen LogP contribution in [0.4, 0.5) is 5.82 Å². The highest BCUT2D eigenvalue weighted by Gasteiger charge is 2.22. The normalized spacial score (nSPS) is 11.7. The molecular weight excluding hydrogens is 363 g/mol. The van der Waals surface area contributed by atoms with Crippen LogP contribution in [0.2, 0.25) is 15.1 Å². The fourth-order valence-corrected chi connectivity index (χ4v) is 2.31. The Balaban J connectivity index is 2.03. The highest BCUT2D eigenvalue weighted by atomic mass is 35.5. The summed E-state index contributed by atoms with van der Waals surface area (Å²) in [6, 6.07) is 7.71. The summed E-state index contributed by atoms with van der Waals surface area (Å²) in [5, 5.41) is 3.24. The molecule has 0 spiro atoms. The number of hydrogen-bond donors (Lipinski definition) is 1. The van der Waals surface area contributed by atoms with Gasteiger partial charge in [0.15, 0.2) is 6.10 Å². The molecule has 2 aromatic rings. The lowest BCUT2D eigenvalue weighted by Crippen LogP contribution is -2.30. The number of carbonyl (C=O) groups excluding carboxylic acids is 2. The van der Waals surface area contributed by atoms with Gasteiger partial charge >= 0.3 is 5.97 Å². The van der Waals surface area contributed by atoms with Gasteiger partial charge in [-0.15, -0.1) is 0 Å². The Morgan fingerprint density at radius 2 is 1.78 bits per heavy atom. The number of nitrogens with zero attached hydrogens (tertiary/aromatic N) is 1. The molecule has 0 unspecified atom stereocenters. The predicted octanol–water partition coefficient (Wildman–Crippen LogP) is 4.23. The first-order chi connectivity index (χ1) is 10.9. The number of ether oxygens (including phenoxy) is 1. The second-order valence-corrected chi connectivity index (χ2v) is 5.75. The van der Waals surface area contributed by atoms with Crippen LogP contribution in [0.3, 0.4) is 0 Å². The van der Waals surface area contributed by atoms with Gasteiger partial charge < -0.3 is 10.1 Å². The Hall–Kier alpha value is -1.82. The quantitative estimate of drug-likeness (QED) is 0.815. The Morgan fingerprint density at radius 3 is 2.35 bits per heavy atom. The van der Waals surface area contributed by atoms with Crippen molar-refractivity contribution >= 4 is 52.5 Å². The molecule has 0 aliphatic rings. The second-order valence-electron chi connectivity index (χ2n) is 4.50. The van der Waals surface area contributed by atoms with Crippen molar-refractivity contribution in [2.75, 3.05) is 5.32 Å². The summed E-state index contributed by atoms with van der Waals surface area (Å²) in [4.78, 5) is 28.0. The number of amides is 1. The lowest BCUT2D eigenvalue weighted by Gasteiger charge is -2.14. The summed E-state index contributed by atoms with van der Waals surface area (Å²) in [5.74, 6) is -1.04. The van der Waals surface area contributed by atoms with Gasteiger partial charge in [-0.2, -0.15) is 0 Å². The minimum Gasteiger partial charge on any atom is -0.449 e. The van der Waals surface area contributed by atoms with E-state index >= 15 is 0 Å². The maximum absolute atomic E-state index is 12.1. The van der Waals surface area contributed by atoms with E-state index in [9.17, 15) is 9.59 Å². The summed E-state index contributed by atoms with van der Waals surface area (Å²) in [6.45, 7) is 1.42. The molecule has 1 aromatic heterocycles. The van der Waals surface area contributed by atoms with E-state index in [1.54, 1.807) is 12.1 Å². The van der Waals surface area contributed by atoms with Crippen LogP contribution >= 0.6 is 34.8 Å². The summed E-state index contributed by atoms with van der Waals surface area (Å²) < 4.78 is 5.08. The largest absolute Gasteiger partial charge is 0.449 e. The highest BCUT2D eigenvalue weighted by molar-refractivity contribution is 6.39. The number of nitrogens with one attached hydrogen (secondary N) is 1. The third-order valence-electron chi connectivity index (χ3n) is 2.80. The van der Waals surface area contributed by atoms with E-state index in [0.29, 0.717) is 5.02 Å². The molecule has 0 saturated carbocycles. The average molecular weight is 374 g/mol. The molecule has 1 N–H and O–H groups in total. The van der Waals surface area contributed by atoms with Gasteiger partial charge in [-0.1, -0.05) is 40.9 Å². The van der Waals surface area contributed by atoms with Crippen LogP contribution in [-0.2, 0) is 9.53 Å². The Morgan fingerprint density at radius 1 is 1.13 bits per heavy atom. The molecule has 5 nitrogen and oxygen atoms in total. The van der Waals surface area contributed by atoms with Crippen LogP contribution in [0.25, 0.3) is 0 Å². The van der Waals surface area contributed by atoms with Crippen molar-refractivity contribution in [2.45, 2.75) is 13.0 Å². The van der Waals surface area contributed by atoms with Crippen molar-refractivity contribution < 1.29 is 14.3 Å². The zero-order valence-corrected chi connectivity index (χ0v) is 14.1. The van der Waals surface area contributed by atoms with E-state index in [-0.39, 0.29) is 21.4 Å². The first-order valence-corrected chi connectivity index (χ1v) is 7.59. The second kappa shape index (κ2) is 7.64. The van der Waals surface area contributed by atoms with E-state index in [2.05, 4.69) is 10.3 Å². The molecule has 0 bridgehead atoms. The number of aromatic nitrogens is 1. The van der Waals surface area contributed by atoms with Gasteiger partial charge in [-0.25, -0.2) is 9.78 Å². The number of hydrogen-bond acceptors (Lipinski definition) is 4. The first kappa shape index (κ1) is 17.5. The Kier molecular flexibility index (Phi) is 5.82. The van der Waals surface area contributed by atoms with Gasteiger partial charge in [0.05, 0.1) is 20.6 Å². The number of benzene rings is 1. The zero-order chi connectivity index (χ0) is 17.0. The van der Waals surface area contributed by atoms with E-state index < -0.39 is 18.0 Å². The molecule has 0 aliphatic heterocycles. The number of halogens is 3. The molecule has 120 valence electrons. The molecule has 1 heterocycles. The average Bonchev–Trinajstić information content (AvgIpc) is 2.49. The minimum atomic E-state index is -1.06. The maximum Gasteiger partial charge on any atom is 0.341 e. The van der Waals surface area contributed by atoms with Gasteiger partial charge in [0.25, 0.3) is 5.91 Å². The Labute approximate surface area is 147 Å². The number of carbonyl (C=O) groups is 2. The SMILES string of the molecule is C[C@H](OC(=O)c1c(Cl)cccc1Cl)C(=O)Nc1ccc(Cl)cn1. The van der Waals surface area contributed by atoms with Crippen LogP contribution in [0.5, 0.6) is 0 Å². The van der Waals surface area contributed by atoms with Crippen molar-refractivity contribution in [2.24, 2.45) is 0 Å². The molecule has 0 aliphatic carbocycles. The van der Waals surface area contributed by atoms with Crippen LogP contribution in [0.15, 0.2) is 36.5 Å². The molecule has 8 heteroatoms. The third kappa shape index (κ3) is 4.58. The Bertz CT molecular complexity index is 715. The van der Waals surface area contributed by atoms with Crippen molar-refractivity contribution in [3.8, 4) is 0 Å². The van der Waals surface area contributed by atoms with Crippen molar-refractivity contribution in [3.63, 3.8) is 0 Å². The standard InChI is InChI=1S/C15H11Cl3N2O3/c1-8(14(21)20-12-6-5-9(16)7-19-12)23-15(22)13-10(17)3-2-4-11(13)18/h2-8H,1H3,(H,19,20,21)/t8-/m0/s1. The molecule has 2 rings (SSSR count). The van der Waals surface area contributed by atoms with Gasteiger partial charge in [-0.05, 0) is 31.2 Å².